The average Bonchev–Trinajstić information content (AvgIpc) is 3.08. The number of thiazole rings is 1. The Morgan fingerprint density at radius 1 is 1.08 bits per heavy atom. The van der Waals surface area contributed by atoms with Gasteiger partial charge in [0.05, 0.1) is 22.4 Å². The fourth-order valence-corrected chi connectivity index (χ4v) is 4.69. The molecule has 0 bridgehead atoms. The van der Waals surface area contributed by atoms with Crippen LogP contribution in [0.1, 0.15) is 26.3 Å². The molecule has 2 atom stereocenters. The van der Waals surface area contributed by atoms with Crippen molar-refractivity contribution in [2.75, 3.05) is 6.61 Å². The molecule has 1 N–H and O–H groups in total. The highest BCUT2D eigenvalue weighted by molar-refractivity contribution is 7.21. The summed E-state index contributed by atoms with van der Waals surface area (Å²) < 4.78 is 7.11. The highest BCUT2D eigenvalue weighted by atomic mass is 32.1. The quantitative estimate of drug-likeness (QED) is 0.669. The van der Waals surface area contributed by atoms with Gasteiger partial charge in [-0.05, 0) is 31.2 Å². The minimum atomic E-state index is -0.986. The Balaban J connectivity index is 1.57. The summed E-state index contributed by atoms with van der Waals surface area (Å²) in [5, 5.41) is 11.5. The van der Waals surface area contributed by atoms with Gasteiger partial charge in [0.2, 0.25) is 0 Å². The zero-order valence-corrected chi connectivity index (χ0v) is 15.6. The summed E-state index contributed by atoms with van der Waals surface area (Å²) in [6, 6.07) is 13.4. The molecule has 5 nitrogen and oxygen atoms in total. The third-order valence-electron chi connectivity index (χ3n) is 5.78. The summed E-state index contributed by atoms with van der Waals surface area (Å²) in [5.41, 5.74) is 1.57. The molecule has 2 aliphatic heterocycles. The SMILES string of the molecule is CC1(C)COC2(c3ccc(-c4nc5ccccc5s4)c(O)c3)OOC12C. The molecule has 2 saturated heterocycles. The third-order valence-corrected chi connectivity index (χ3v) is 6.85. The summed E-state index contributed by atoms with van der Waals surface area (Å²) in [6.07, 6.45) is 0. The second-order valence-corrected chi connectivity index (χ2v) is 8.74. The van der Waals surface area contributed by atoms with Crippen molar-refractivity contribution in [1.82, 2.24) is 4.98 Å². The Labute approximate surface area is 155 Å². The van der Waals surface area contributed by atoms with Crippen LogP contribution in [0.4, 0.5) is 0 Å². The van der Waals surface area contributed by atoms with Gasteiger partial charge in [0.15, 0.2) is 5.60 Å². The highest BCUT2D eigenvalue weighted by Crippen LogP contribution is 2.63. The van der Waals surface area contributed by atoms with Gasteiger partial charge >= 0.3 is 0 Å². The number of para-hydroxylation sites is 1. The Kier molecular flexibility index (Phi) is 3.14. The van der Waals surface area contributed by atoms with Crippen LogP contribution in [0.15, 0.2) is 42.5 Å². The number of aromatic hydroxyl groups is 1. The molecule has 1 aromatic heterocycles. The molecule has 134 valence electrons. The monoisotopic (exact) mass is 369 g/mol. The van der Waals surface area contributed by atoms with E-state index in [0.717, 1.165) is 20.8 Å². The van der Waals surface area contributed by atoms with Gasteiger partial charge in [-0.1, -0.05) is 32.0 Å². The molecule has 3 heterocycles. The van der Waals surface area contributed by atoms with Crippen LogP contribution in [0.2, 0.25) is 0 Å². The Morgan fingerprint density at radius 3 is 2.54 bits per heavy atom. The lowest BCUT2D eigenvalue weighted by atomic mass is 9.71. The molecular weight excluding hydrogens is 350 g/mol. The molecule has 0 aliphatic carbocycles. The number of aromatic nitrogens is 1. The molecule has 6 heteroatoms. The molecule has 3 aromatic rings. The number of benzene rings is 2. The van der Waals surface area contributed by atoms with E-state index >= 15 is 0 Å². The van der Waals surface area contributed by atoms with E-state index in [1.165, 1.54) is 0 Å². The molecule has 5 rings (SSSR count). The van der Waals surface area contributed by atoms with E-state index in [9.17, 15) is 5.11 Å². The summed E-state index contributed by atoms with van der Waals surface area (Å²) in [5.74, 6) is -0.831. The van der Waals surface area contributed by atoms with Crippen molar-refractivity contribution in [1.29, 1.82) is 0 Å². The molecule has 2 aliphatic rings. The number of hydrogen-bond acceptors (Lipinski definition) is 6. The third kappa shape index (κ3) is 1.87. The Hall–Kier alpha value is -1.99. The number of nitrogens with zero attached hydrogens (tertiary/aromatic N) is 1. The highest BCUT2D eigenvalue weighted by Gasteiger charge is 2.75. The molecule has 2 aromatic carbocycles. The average molecular weight is 369 g/mol. The van der Waals surface area contributed by atoms with Gasteiger partial charge < -0.3 is 9.84 Å². The minimum absolute atomic E-state index is 0.155. The lowest BCUT2D eigenvalue weighted by Gasteiger charge is -2.53. The lowest BCUT2D eigenvalue weighted by Crippen LogP contribution is -2.65. The predicted molar refractivity (Wildman–Crippen MR) is 98.7 cm³/mol. The fraction of sp³-hybridized carbons (Fsp3) is 0.350. The molecule has 0 radical (unpaired) electrons. The zero-order valence-electron chi connectivity index (χ0n) is 14.8. The maximum atomic E-state index is 10.7. The summed E-state index contributed by atoms with van der Waals surface area (Å²) >= 11 is 1.56. The molecular formula is C20H19NO4S. The summed E-state index contributed by atoms with van der Waals surface area (Å²) in [7, 11) is 0. The van der Waals surface area contributed by atoms with Crippen molar-refractivity contribution in [3.63, 3.8) is 0 Å². The predicted octanol–water partition coefficient (Wildman–Crippen LogP) is 4.60. The molecule has 2 fully saturated rings. The van der Waals surface area contributed by atoms with Crippen LogP contribution < -0.4 is 0 Å². The molecule has 0 saturated carbocycles. The smallest absolute Gasteiger partial charge is 0.260 e. The molecule has 0 spiro atoms. The van der Waals surface area contributed by atoms with Crippen molar-refractivity contribution >= 4 is 21.6 Å². The molecule has 26 heavy (non-hydrogen) atoms. The van der Waals surface area contributed by atoms with Gasteiger partial charge in [-0.2, -0.15) is 4.89 Å². The van der Waals surface area contributed by atoms with E-state index in [1.807, 2.05) is 43.3 Å². The first-order chi connectivity index (χ1) is 12.4. The minimum Gasteiger partial charge on any atom is -0.507 e. The number of ether oxygens (including phenoxy) is 1. The van der Waals surface area contributed by atoms with Crippen molar-refractivity contribution in [2.24, 2.45) is 5.41 Å². The van der Waals surface area contributed by atoms with Crippen LogP contribution in [0, 0.1) is 5.41 Å². The standard InChI is InChI=1S/C20H19NO4S/c1-18(2)11-23-20(19(18,3)24-25-20)12-8-9-13(15(22)10-12)17-21-14-6-4-5-7-16(14)26-17/h4-10,22H,11H2,1-3H3. The second-order valence-electron chi connectivity index (χ2n) is 7.71. The fourth-order valence-electron chi connectivity index (χ4n) is 3.69. The first kappa shape index (κ1) is 16.2. The van der Waals surface area contributed by atoms with Crippen molar-refractivity contribution < 1.29 is 19.6 Å². The number of hydrogen-bond donors (Lipinski definition) is 1. The van der Waals surface area contributed by atoms with Crippen molar-refractivity contribution in [2.45, 2.75) is 32.2 Å². The van der Waals surface area contributed by atoms with Gasteiger partial charge in [-0.15, -0.1) is 11.3 Å². The Bertz CT molecular complexity index is 997. The van der Waals surface area contributed by atoms with Crippen LogP contribution in [0.25, 0.3) is 20.8 Å². The maximum absolute atomic E-state index is 10.7. The zero-order chi connectivity index (χ0) is 18.2. The first-order valence-corrected chi connectivity index (χ1v) is 9.38. The van der Waals surface area contributed by atoms with Crippen molar-refractivity contribution in [3.8, 4) is 16.3 Å². The van der Waals surface area contributed by atoms with Crippen LogP contribution in [-0.4, -0.2) is 22.3 Å². The van der Waals surface area contributed by atoms with E-state index in [0.29, 0.717) is 12.2 Å². The van der Waals surface area contributed by atoms with E-state index in [4.69, 9.17) is 14.5 Å². The number of phenolic OH excluding ortho intramolecular Hbond substituents is 1. The van der Waals surface area contributed by atoms with Gasteiger partial charge in [0.1, 0.15) is 10.8 Å². The largest absolute Gasteiger partial charge is 0.507 e. The van der Waals surface area contributed by atoms with Gasteiger partial charge in [-0.3, -0.25) is 0 Å². The topological polar surface area (TPSA) is 60.8 Å². The lowest BCUT2D eigenvalue weighted by molar-refractivity contribution is -0.606. The van der Waals surface area contributed by atoms with E-state index < -0.39 is 11.4 Å². The van der Waals surface area contributed by atoms with E-state index in [1.54, 1.807) is 17.4 Å². The summed E-state index contributed by atoms with van der Waals surface area (Å²) in [6.45, 7) is 6.69. The van der Waals surface area contributed by atoms with Gasteiger partial charge in [0, 0.05) is 11.0 Å². The van der Waals surface area contributed by atoms with Crippen molar-refractivity contribution in [3.05, 3.63) is 48.0 Å². The van der Waals surface area contributed by atoms with Gasteiger partial charge in [-0.25, -0.2) is 9.87 Å². The van der Waals surface area contributed by atoms with Crippen LogP contribution in [-0.2, 0) is 20.3 Å². The van der Waals surface area contributed by atoms with Crippen LogP contribution in [0.5, 0.6) is 5.75 Å². The van der Waals surface area contributed by atoms with Gasteiger partial charge in [0.25, 0.3) is 5.79 Å². The maximum Gasteiger partial charge on any atom is 0.260 e. The number of phenols is 1. The Morgan fingerprint density at radius 2 is 1.88 bits per heavy atom. The molecule has 2 unspecified atom stereocenters. The summed E-state index contributed by atoms with van der Waals surface area (Å²) in [4.78, 5) is 15.6. The van der Waals surface area contributed by atoms with E-state index in [2.05, 4.69) is 18.8 Å². The van der Waals surface area contributed by atoms with Crippen LogP contribution >= 0.6 is 11.3 Å². The molecule has 0 amide bonds. The van der Waals surface area contributed by atoms with Crippen LogP contribution in [0.3, 0.4) is 0 Å². The second kappa shape index (κ2) is 5.04. The van der Waals surface area contributed by atoms with E-state index in [-0.39, 0.29) is 11.2 Å². The first-order valence-electron chi connectivity index (χ1n) is 8.57. The number of rotatable bonds is 2. The number of fused-ring (bicyclic) bond motifs is 2. The normalized spacial score (nSPS) is 29.5.